The monoisotopic (exact) mass is 165 g/mol. The number of hydrogen-bond acceptors (Lipinski definition) is 1. The molecule has 1 rings (SSSR count). The quantitative estimate of drug-likeness (QED) is 0.636. The van der Waals surface area contributed by atoms with Crippen LogP contribution in [-0.2, 0) is 0 Å². The summed E-state index contributed by atoms with van der Waals surface area (Å²) in [5.41, 5.74) is 5.55. The SMILES string of the molecule is CCC=CC1C=CCC1CCN. The highest BCUT2D eigenvalue weighted by Crippen LogP contribution is 2.28. The molecule has 0 saturated carbocycles. The Morgan fingerprint density at radius 3 is 3.08 bits per heavy atom. The molecule has 2 unspecified atom stereocenters. The molecule has 12 heavy (non-hydrogen) atoms. The second-order valence-electron chi connectivity index (χ2n) is 3.42. The Bertz CT molecular complexity index is 170. The number of rotatable bonds is 4. The van der Waals surface area contributed by atoms with E-state index in [1.165, 1.54) is 6.42 Å². The Labute approximate surface area is 75.3 Å². The average molecular weight is 165 g/mol. The largest absolute Gasteiger partial charge is 0.330 e. The fourth-order valence-electron chi connectivity index (χ4n) is 1.76. The number of hydrogen-bond donors (Lipinski definition) is 1. The molecule has 1 aliphatic rings. The zero-order valence-corrected chi connectivity index (χ0v) is 7.87. The van der Waals surface area contributed by atoms with Gasteiger partial charge in [0.25, 0.3) is 0 Å². The van der Waals surface area contributed by atoms with E-state index in [0.717, 1.165) is 25.3 Å². The topological polar surface area (TPSA) is 26.0 Å². The van der Waals surface area contributed by atoms with Gasteiger partial charge in [0.2, 0.25) is 0 Å². The van der Waals surface area contributed by atoms with Crippen molar-refractivity contribution in [2.45, 2.75) is 26.2 Å². The summed E-state index contributed by atoms with van der Waals surface area (Å²) >= 11 is 0. The summed E-state index contributed by atoms with van der Waals surface area (Å²) in [5.74, 6) is 1.44. The molecule has 0 aromatic rings. The van der Waals surface area contributed by atoms with Crippen molar-refractivity contribution in [3.05, 3.63) is 24.3 Å². The number of allylic oxidation sites excluding steroid dienone is 4. The van der Waals surface area contributed by atoms with E-state index in [0.29, 0.717) is 5.92 Å². The van der Waals surface area contributed by atoms with Gasteiger partial charge >= 0.3 is 0 Å². The molecule has 0 spiro atoms. The van der Waals surface area contributed by atoms with Crippen LogP contribution < -0.4 is 5.73 Å². The van der Waals surface area contributed by atoms with Crippen LogP contribution in [0.5, 0.6) is 0 Å². The maximum atomic E-state index is 5.55. The van der Waals surface area contributed by atoms with Crippen LogP contribution in [0.3, 0.4) is 0 Å². The highest BCUT2D eigenvalue weighted by atomic mass is 14.5. The van der Waals surface area contributed by atoms with E-state index in [4.69, 9.17) is 5.73 Å². The van der Waals surface area contributed by atoms with Gasteiger partial charge in [-0.05, 0) is 37.6 Å². The highest BCUT2D eigenvalue weighted by molar-refractivity contribution is 5.09. The van der Waals surface area contributed by atoms with Crippen LogP contribution >= 0.6 is 0 Å². The lowest BCUT2D eigenvalue weighted by Crippen LogP contribution is -2.11. The molecule has 1 nitrogen and oxygen atoms in total. The fourth-order valence-corrected chi connectivity index (χ4v) is 1.76. The molecule has 0 heterocycles. The third kappa shape index (κ3) is 2.49. The van der Waals surface area contributed by atoms with E-state index in [1.807, 2.05) is 0 Å². The molecule has 0 fully saturated rings. The molecule has 2 atom stereocenters. The average Bonchev–Trinajstić information content (AvgIpc) is 2.50. The minimum absolute atomic E-state index is 0.661. The Morgan fingerprint density at radius 1 is 1.58 bits per heavy atom. The van der Waals surface area contributed by atoms with E-state index in [-0.39, 0.29) is 0 Å². The Hall–Kier alpha value is -0.560. The molecule has 0 aliphatic heterocycles. The molecule has 0 bridgehead atoms. The molecular formula is C11H19N. The van der Waals surface area contributed by atoms with E-state index in [2.05, 4.69) is 31.2 Å². The maximum Gasteiger partial charge on any atom is -0.00218 e. The van der Waals surface area contributed by atoms with Crippen LogP contribution in [-0.4, -0.2) is 6.54 Å². The molecule has 68 valence electrons. The number of nitrogens with two attached hydrogens (primary N) is 1. The lowest BCUT2D eigenvalue weighted by Gasteiger charge is -2.14. The van der Waals surface area contributed by atoms with Gasteiger partial charge in [0, 0.05) is 0 Å². The minimum Gasteiger partial charge on any atom is -0.330 e. The highest BCUT2D eigenvalue weighted by Gasteiger charge is 2.18. The van der Waals surface area contributed by atoms with Gasteiger partial charge in [-0.25, -0.2) is 0 Å². The summed E-state index contributed by atoms with van der Waals surface area (Å²) < 4.78 is 0. The van der Waals surface area contributed by atoms with Crippen molar-refractivity contribution in [1.29, 1.82) is 0 Å². The fraction of sp³-hybridized carbons (Fsp3) is 0.636. The van der Waals surface area contributed by atoms with Gasteiger partial charge < -0.3 is 5.73 Å². The first-order valence-electron chi connectivity index (χ1n) is 4.92. The van der Waals surface area contributed by atoms with Gasteiger partial charge in [-0.1, -0.05) is 31.2 Å². The van der Waals surface area contributed by atoms with Crippen molar-refractivity contribution < 1.29 is 0 Å². The smallest absolute Gasteiger partial charge is 0.00218 e. The Balaban J connectivity index is 2.39. The molecule has 2 N–H and O–H groups in total. The van der Waals surface area contributed by atoms with Crippen molar-refractivity contribution in [3.8, 4) is 0 Å². The van der Waals surface area contributed by atoms with Crippen LogP contribution in [0.2, 0.25) is 0 Å². The van der Waals surface area contributed by atoms with E-state index in [9.17, 15) is 0 Å². The predicted molar refractivity (Wildman–Crippen MR) is 53.8 cm³/mol. The minimum atomic E-state index is 0.661. The van der Waals surface area contributed by atoms with Crippen LogP contribution in [0.15, 0.2) is 24.3 Å². The van der Waals surface area contributed by atoms with E-state index >= 15 is 0 Å². The summed E-state index contributed by atoms with van der Waals surface area (Å²) in [6.45, 7) is 3.00. The van der Waals surface area contributed by atoms with Crippen molar-refractivity contribution in [2.24, 2.45) is 17.6 Å². The zero-order valence-electron chi connectivity index (χ0n) is 7.87. The van der Waals surface area contributed by atoms with Crippen LogP contribution in [0.25, 0.3) is 0 Å². The molecule has 0 amide bonds. The van der Waals surface area contributed by atoms with Gasteiger partial charge in [0.15, 0.2) is 0 Å². The lowest BCUT2D eigenvalue weighted by atomic mass is 9.92. The second kappa shape index (κ2) is 5.15. The standard InChI is InChI=1S/C11H19N/c1-2-3-5-10-6-4-7-11(10)8-9-12/h3-6,10-11H,2,7-9,12H2,1H3. The first-order chi connectivity index (χ1) is 5.88. The van der Waals surface area contributed by atoms with Crippen LogP contribution in [0, 0.1) is 11.8 Å². The first-order valence-corrected chi connectivity index (χ1v) is 4.92. The Morgan fingerprint density at radius 2 is 2.42 bits per heavy atom. The maximum absolute atomic E-state index is 5.55. The van der Waals surface area contributed by atoms with Gasteiger partial charge in [0.1, 0.15) is 0 Å². The predicted octanol–water partition coefficient (Wildman–Crippen LogP) is 2.49. The molecule has 0 radical (unpaired) electrons. The van der Waals surface area contributed by atoms with E-state index in [1.54, 1.807) is 0 Å². The van der Waals surface area contributed by atoms with Crippen molar-refractivity contribution >= 4 is 0 Å². The van der Waals surface area contributed by atoms with Crippen molar-refractivity contribution in [1.82, 2.24) is 0 Å². The van der Waals surface area contributed by atoms with Gasteiger partial charge in [-0.2, -0.15) is 0 Å². The summed E-state index contributed by atoms with van der Waals surface area (Å²) in [7, 11) is 0. The molecule has 0 saturated heterocycles. The molecule has 0 aromatic heterocycles. The summed E-state index contributed by atoms with van der Waals surface area (Å²) in [6, 6.07) is 0. The Kier molecular flexibility index (Phi) is 4.09. The van der Waals surface area contributed by atoms with Crippen LogP contribution in [0.4, 0.5) is 0 Å². The molecule has 0 aromatic carbocycles. The molecule has 1 aliphatic carbocycles. The summed E-state index contributed by atoms with van der Waals surface area (Å²) in [6.07, 6.45) is 12.7. The summed E-state index contributed by atoms with van der Waals surface area (Å²) in [5, 5.41) is 0. The first kappa shape index (κ1) is 9.53. The molecular weight excluding hydrogens is 146 g/mol. The van der Waals surface area contributed by atoms with Crippen LogP contribution in [0.1, 0.15) is 26.2 Å². The van der Waals surface area contributed by atoms with Gasteiger partial charge in [-0.3, -0.25) is 0 Å². The lowest BCUT2D eigenvalue weighted by molar-refractivity contribution is 0.457. The van der Waals surface area contributed by atoms with Gasteiger partial charge in [0.05, 0.1) is 0 Å². The van der Waals surface area contributed by atoms with Crippen molar-refractivity contribution in [2.75, 3.05) is 6.54 Å². The van der Waals surface area contributed by atoms with E-state index < -0.39 is 0 Å². The van der Waals surface area contributed by atoms with Gasteiger partial charge in [-0.15, -0.1) is 0 Å². The molecule has 1 heteroatoms. The normalized spacial score (nSPS) is 28.8. The third-order valence-corrected chi connectivity index (χ3v) is 2.47. The zero-order chi connectivity index (χ0) is 8.81. The second-order valence-corrected chi connectivity index (χ2v) is 3.42. The van der Waals surface area contributed by atoms with Crippen molar-refractivity contribution in [3.63, 3.8) is 0 Å². The third-order valence-electron chi connectivity index (χ3n) is 2.47. The summed E-state index contributed by atoms with van der Waals surface area (Å²) in [4.78, 5) is 0.